The van der Waals surface area contributed by atoms with E-state index in [9.17, 15) is 18.0 Å². The molecule has 0 amide bonds. The summed E-state index contributed by atoms with van der Waals surface area (Å²) in [5.41, 5.74) is -0.460. The molecule has 1 atom stereocenters. The van der Waals surface area contributed by atoms with Crippen LogP contribution < -0.4 is 0 Å². The van der Waals surface area contributed by atoms with Crippen molar-refractivity contribution in [2.75, 3.05) is 0 Å². The van der Waals surface area contributed by atoms with Gasteiger partial charge in [-0.05, 0) is 30.2 Å². The lowest BCUT2D eigenvalue weighted by atomic mass is 9.87. The Hall–Kier alpha value is -1.62. The Morgan fingerprint density at radius 3 is 2.32 bits per heavy atom. The second-order valence-electron chi connectivity index (χ2n) is 4.92. The summed E-state index contributed by atoms with van der Waals surface area (Å²) >= 11 is 3.03. The Balaban J connectivity index is 2.49. The van der Waals surface area contributed by atoms with Crippen molar-refractivity contribution in [1.82, 2.24) is 0 Å². The first kappa shape index (κ1) is 16.7. The molecule has 0 bridgehead atoms. The average Bonchev–Trinajstić information content (AvgIpc) is 2.48. The van der Waals surface area contributed by atoms with Crippen LogP contribution in [0.1, 0.15) is 40.7 Å². The summed E-state index contributed by atoms with van der Waals surface area (Å²) in [5, 5.41) is 0. The largest absolute Gasteiger partial charge is 0.417 e. The van der Waals surface area contributed by atoms with Gasteiger partial charge in [0.2, 0.25) is 0 Å². The third-order valence-corrected chi connectivity index (χ3v) is 3.97. The normalized spacial score (nSPS) is 13.0. The van der Waals surface area contributed by atoms with Gasteiger partial charge in [0.05, 0.1) is 5.56 Å². The Bertz CT molecular complexity index is 665. The Kier molecular flexibility index (Phi) is 5.06. The predicted octanol–water partition coefficient (Wildman–Crippen LogP) is 5.84. The lowest BCUT2D eigenvalue weighted by Gasteiger charge is -2.18. The molecule has 2 aromatic carbocycles. The van der Waals surface area contributed by atoms with Gasteiger partial charge in [-0.15, -0.1) is 0 Å². The fourth-order valence-electron chi connectivity index (χ4n) is 2.41. The summed E-state index contributed by atoms with van der Waals surface area (Å²) in [7, 11) is 0. The quantitative estimate of drug-likeness (QED) is 0.617. The predicted molar refractivity (Wildman–Crippen MR) is 82.9 cm³/mol. The molecule has 0 aliphatic heterocycles. The smallest absolute Gasteiger partial charge is 0.293 e. The highest BCUT2D eigenvalue weighted by Gasteiger charge is 2.36. The van der Waals surface area contributed by atoms with E-state index in [1.54, 1.807) is 31.2 Å². The summed E-state index contributed by atoms with van der Waals surface area (Å²) in [4.78, 5) is 12.6. The molecule has 0 aliphatic rings. The molecule has 116 valence electrons. The first-order chi connectivity index (χ1) is 10.3. The van der Waals surface area contributed by atoms with Gasteiger partial charge in [0.1, 0.15) is 0 Å². The number of hydrogen-bond acceptors (Lipinski definition) is 1. The molecular formula is C17H14BrF3O. The highest BCUT2D eigenvalue weighted by Crippen LogP contribution is 2.36. The molecule has 5 heteroatoms. The molecule has 2 rings (SSSR count). The molecule has 1 nitrogen and oxygen atoms in total. The number of alkyl halides is 3. The van der Waals surface area contributed by atoms with Crippen LogP contribution in [-0.2, 0) is 6.18 Å². The van der Waals surface area contributed by atoms with E-state index in [0.717, 1.165) is 11.6 Å². The molecule has 0 fully saturated rings. The molecule has 0 radical (unpaired) electrons. The third kappa shape index (κ3) is 3.58. The Morgan fingerprint density at radius 1 is 1.14 bits per heavy atom. The van der Waals surface area contributed by atoms with Crippen molar-refractivity contribution in [2.45, 2.75) is 25.4 Å². The average molecular weight is 371 g/mol. The summed E-state index contributed by atoms with van der Waals surface area (Å²) in [5.74, 6) is -1.09. The molecule has 0 saturated heterocycles. The maximum atomic E-state index is 13.2. The number of benzene rings is 2. The van der Waals surface area contributed by atoms with E-state index in [2.05, 4.69) is 15.9 Å². The second kappa shape index (κ2) is 6.65. The van der Waals surface area contributed by atoms with Gasteiger partial charge in [-0.1, -0.05) is 53.2 Å². The van der Waals surface area contributed by atoms with Crippen molar-refractivity contribution in [3.63, 3.8) is 0 Å². The molecule has 0 spiro atoms. The molecular weight excluding hydrogens is 357 g/mol. The van der Waals surface area contributed by atoms with Gasteiger partial charge < -0.3 is 0 Å². The molecule has 22 heavy (non-hydrogen) atoms. The zero-order valence-electron chi connectivity index (χ0n) is 11.8. The minimum absolute atomic E-state index is 0.286. The molecule has 0 aromatic heterocycles. The van der Waals surface area contributed by atoms with Crippen molar-refractivity contribution < 1.29 is 18.0 Å². The topological polar surface area (TPSA) is 17.1 Å². The third-order valence-electron chi connectivity index (χ3n) is 3.48. The SMILES string of the molecule is CCC(C(=O)c1ccc(Br)cc1C(F)(F)F)c1ccccc1. The van der Waals surface area contributed by atoms with Gasteiger partial charge in [-0.3, -0.25) is 4.79 Å². The van der Waals surface area contributed by atoms with Gasteiger partial charge in [0.25, 0.3) is 0 Å². The van der Waals surface area contributed by atoms with Crippen molar-refractivity contribution in [3.05, 3.63) is 69.7 Å². The van der Waals surface area contributed by atoms with Crippen LogP contribution in [0.3, 0.4) is 0 Å². The van der Waals surface area contributed by atoms with Gasteiger partial charge >= 0.3 is 6.18 Å². The number of carbonyl (C=O) groups excluding carboxylic acids is 1. The first-order valence-corrected chi connectivity index (χ1v) is 7.59. The van der Waals surface area contributed by atoms with E-state index in [0.29, 0.717) is 10.9 Å². The van der Waals surface area contributed by atoms with E-state index >= 15 is 0 Å². The lowest BCUT2D eigenvalue weighted by Crippen LogP contribution is -2.18. The molecule has 1 unspecified atom stereocenters. The van der Waals surface area contributed by atoms with Gasteiger partial charge in [0.15, 0.2) is 5.78 Å². The zero-order chi connectivity index (χ0) is 16.3. The van der Waals surface area contributed by atoms with E-state index in [1.807, 2.05) is 6.07 Å². The maximum Gasteiger partial charge on any atom is 0.417 e. The highest BCUT2D eigenvalue weighted by molar-refractivity contribution is 9.10. The van der Waals surface area contributed by atoms with Crippen molar-refractivity contribution in [3.8, 4) is 0 Å². The number of Topliss-reactive ketones (excluding diaryl/α,β-unsaturated/α-hetero) is 1. The fraction of sp³-hybridized carbons (Fsp3) is 0.235. The number of halogens is 4. The number of carbonyl (C=O) groups is 1. The van der Waals surface area contributed by atoms with Crippen LogP contribution in [-0.4, -0.2) is 5.78 Å². The van der Waals surface area contributed by atoms with E-state index < -0.39 is 23.4 Å². The summed E-state index contributed by atoms with van der Waals surface area (Å²) in [6.07, 6.45) is -4.13. The van der Waals surface area contributed by atoms with Crippen molar-refractivity contribution >= 4 is 21.7 Å². The number of ketones is 1. The van der Waals surface area contributed by atoms with Crippen LogP contribution in [0.25, 0.3) is 0 Å². The van der Waals surface area contributed by atoms with Crippen LogP contribution in [0.5, 0.6) is 0 Å². The molecule has 0 N–H and O–H groups in total. The minimum Gasteiger partial charge on any atom is -0.293 e. The summed E-state index contributed by atoms with van der Waals surface area (Å²) < 4.78 is 39.9. The molecule has 0 aliphatic carbocycles. The fourth-order valence-corrected chi connectivity index (χ4v) is 2.77. The van der Waals surface area contributed by atoms with Crippen LogP contribution in [0.4, 0.5) is 13.2 Å². The Morgan fingerprint density at radius 2 is 1.77 bits per heavy atom. The van der Waals surface area contributed by atoms with Crippen LogP contribution in [0.15, 0.2) is 53.0 Å². The van der Waals surface area contributed by atoms with Crippen molar-refractivity contribution in [1.29, 1.82) is 0 Å². The van der Waals surface area contributed by atoms with Gasteiger partial charge in [-0.25, -0.2) is 0 Å². The molecule has 0 heterocycles. The van der Waals surface area contributed by atoms with E-state index in [-0.39, 0.29) is 5.56 Å². The van der Waals surface area contributed by atoms with Crippen LogP contribution >= 0.6 is 15.9 Å². The van der Waals surface area contributed by atoms with Gasteiger partial charge in [0, 0.05) is 16.0 Å². The van der Waals surface area contributed by atoms with Crippen molar-refractivity contribution in [2.24, 2.45) is 0 Å². The molecule has 2 aromatic rings. The monoisotopic (exact) mass is 370 g/mol. The standard InChI is InChI=1S/C17H14BrF3O/c1-2-13(11-6-4-3-5-7-11)16(22)14-9-8-12(18)10-15(14)17(19,20)21/h3-10,13H,2H2,1H3. The lowest BCUT2D eigenvalue weighted by molar-refractivity contribution is -0.138. The zero-order valence-corrected chi connectivity index (χ0v) is 13.4. The summed E-state index contributed by atoms with van der Waals surface area (Å²) in [6.45, 7) is 1.79. The highest BCUT2D eigenvalue weighted by atomic mass is 79.9. The van der Waals surface area contributed by atoms with Crippen LogP contribution in [0, 0.1) is 0 Å². The minimum atomic E-state index is -4.57. The van der Waals surface area contributed by atoms with E-state index in [1.165, 1.54) is 12.1 Å². The Labute approximate surface area is 135 Å². The summed E-state index contributed by atoms with van der Waals surface area (Å²) in [6, 6.07) is 12.5. The van der Waals surface area contributed by atoms with Gasteiger partial charge in [-0.2, -0.15) is 13.2 Å². The molecule has 0 saturated carbocycles. The first-order valence-electron chi connectivity index (χ1n) is 6.80. The second-order valence-corrected chi connectivity index (χ2v) is 5.84. The van der Waals surface area contributed by atoms with E-state index in [4.69, 9.17) is 0 Å². The maximum absolute atomic E-state index is 13.2. The number of hydrogen-bond donors (Lipinski definition) is 0. The van der Waals surface area contributed by atoms with Crippen LogP contribution in [0.2, 0.25) is 0 Å². The number of rotatable bonds is 4.